The molecule has 0 spiro atoms. The number of esters is 2. The first-order valence-corrected chi connectivity index (χ1v) is 13.4. The van der Waals surface area contributed by atoms with Crippen LogP contribution >= 0.6 is 0 Å². The number of carbonyl (C=O) groups is 2. The number of hydrogen-bond acceptors (Lipinski definition) is 12. The second kappa shape index (κ2) is 10.7. The number of cyclic esters (lactones) is 1. The zero-order valence-electron chi connectivity index (χ0n) is 22.3. The van der Waals surface area contributed by atoms with Crippen molar-refractivity contribution in [1.82, 2.24) is 0 Å². The van der Waals surface area contributed by atoms with E-state index in [4.69, 9.17) is 28.1 Å². The topological polar surface area (TPSA) is 174 Å². The van der Waals surface area contributed by atoms with E-state index in [9.17, 15) is 30.0 Å². The van der Waals surface area contributed by atoms with Gasteiger partial charge in [0.2, 0.25) is 0 Å². The molecule has 3 saturated heterocycles. The smallest absolute Gasteiger partial charge is 0.335 e. The number of furan rings is 1. The van der Waals surface area contributed by atoms with Crippen LogP contribution < -0.4 is 0 Å². The summed E-state index contributed by atoms with van der Waals surface area (Å²) in [6, 6.07) is 1.78. The van der Waals surface area contributed by atoms with E-state index in [-0.39, 0.29) is 18.5 Å². The van der Waals surface area contributed by atoms with E-state index in [2.05, 4.69) is 6.92 Å². The fourth-order valence-electron chi connectivity index (χ4n) is 7.61. The third-order valence-electron chi connectivity index (χ3n) is 9.46. The van der Waals surface area contributed by atoms with E-state index in [0.717, 1.165) is 5.56 Å². The van der Waals surface area contributed by atoms with E-state index >= 15 is 0 Å². The van der Waals surface area contributed by atoms with E-state index in [0.29, 0.717) is 25.7 Å². The second-order valence-electron chi connectivity index (χ2n) is 11.7. The number of rotatable bonds is 8. The molecule has 12 heteroatoms. The summed E-state index contributed by atoms with van der Waals surface area (Å²) in [6.45, 7) is 3.64. The molecule has 1 aromatic heterocycles. The summed E-state index contributed by atoms with van der Waals surface area (Å²) in [5, 5.41) is 39.8. The van der Waals surface area contributed by atoms with Gasteiger partial charge >= 0.3 is 11.9 Å². The van der Waals surface area contributed by atoms with Crippen molar-refractivity contribution in [1.29, 1.82) is 0 Å². The average molecular weight is 555 g/mol. The molecule has 4 aliphatic rings. The number of fused-ring (bicyclic) bond motifs is 4. The zero-order valence-corrected chi connectivity index (χ0v) is 22.3. The second-order valence-corrected chi connectivity index (χ2v) is 11.7. The molecule has 1 aliphatic carbocycles. The molecule has 0 unspecified atom stereocenters. The maximum Gasteiger partial charge on any atom is 0.335 e. The number of aliphatic hydroxyl groups excluding tert-OH is 4. The van der Waals surface area contributed by atoms with Crippen LogP contribution in [0.2, 0.25) is 0 Å². The fraction of sp³-hybridized carbons (Fsp3) is 0.778. The van der Waals surface area contributed by atoms with Gasteiger partial charge in [0.25, 0.3) is 0 Å². The Labute approximate surface area is 226 Å². The van der Waals surface area contributed by atoms with E-state index in [1.54, 1.807) is 12.3 Å². The monoisotopic (exact) mass is 554 g/mol. The van der Waals surface area contributed by atoms with Gasteiger partial charge in [-0.3, -0.25) is 4.79 Å². The van der Waals surface area contributed by atoms with Crippen LogP contribution in [0, 0.1) is 22.7 Å². The lowest BCUT2D eigenvalue weighted by Gasteiger charge is -2.56. The van der Waals surface area contributed by atoms with Gasteiger partial charge in [-0.15, -0.1) is 0 Å². The van der Waals surface area contributed by atoms with Crippen LogP contribution in [-0.4, -0.2) is 95.6 Å². The maximum atomic E-state index is 13.4. The number of aliphatic hydroxyl groups is 4. The van der Waals surface area contributed by atoms with Crippen LogP contribution in [0.15, 0.2) is 23.0 Å². The molecule has 4 fully saturated rings. The van der Waals surface area contributed by atoms with Gasteiger partial charge < -0.3 is 48.5 Å². The van der Waals surface area contributed by atoms with Crippen molar-refractivity contribution in [2.45, 2.75) is 88.5 Å². The summed E-state index contributed by atoms with van der Waals surface area (Å²) >= 11 is 0. The van der Waals surface area contributed by atoms with Crippen molar-refractivity contribution >= 4 is 11.9 Å². The third kappa shape index (κ3) is 4.69. The van der Waals surface area contributed by atoms with Gasteiger partial charge in [0.1, 0.15) is 30.5 Å². The van der Waals surface area contributed by atoms with E-state index < -0.39 is 78.3 Å². The average Bonchev–Trinajstić information content (AvgIpc) is 3.54. The summed E-state index contributed by atoms with van der Waals surface area (Å²) in [6.07, 6.45) is -3.46. The summed E-state index contributed by atoms with van der Waals surface area (Å²) in [5.41, 5.74) is -0.438. The van der Waals surface area contributed by atoms with Crippen molar-refractivity contribution in [2.75, 3.05) is 20.3 Å². The van der Waals surface area contributed by atoms with E-state index in [1.807, 2.05) is 6.92 Å². The highest BCUT2D eigenvalue weighted by atomic mass is 16.7. The molecule has 12 nitrogen and oxygen atoms in total. The molecule has 3 aliphatic heterocycles. The van der Waals surface area contributed by atoms with Crippen LogP contribution in [0.3, 0.4) is 0 Å². The summed E-state index contributed by atoms with van der Waals surface area (Å²) < 4.78 is 33.6. The molecule has 0 amide bonds. The molecule has 1 saturated carbocycles. The normalized spacial score (nSPS) is 45.5. The predicted octanol–water partition coefficient (Wildman–Crippen LogP) is 0.453. The quantitative estimate of drug-likeness (QED) is 0.258. The molecule has 0 radical (unpaired) electrons. The Morgan fingerprint density at radius 2 is 1.87 bits per heavy atom. The molecule has 4 N–H and O–H groups in total. The summed E-state index contributed by atoms with van der Waals surface area (Å²) in [5.74, 6) is -1.59. The van der Waals surface area contributed by atoms with Gasteiger partial charge in [-0.1, -0.05) is 13.8 Å². The lowest BCUT2D eigenvalue weighted by molar-refractivity contribution is -0.301. The Balaban J connectivity index is 1.36. The van der Waals surface area contributed by atoms with Crippen molar-refractivity contribution in [3.8, 4) is 0 Å². The molecule has 5 rings (SSSR count). The van der Waals surface area contributed by atoms with Crippen LogP contribution in [-0.2, 0) is 33.3 Å². The fourth-order valence-corrected chi connectivity index (χ4v) is 7.61. The Kier molecular flexibility index (Phi) is 7.83. The molecule has 2 bridgehead atoms. The first kappa shape index (κ1) is 28.5. The Bertz CT molecular complexity index is 1030. The Morgan fingerprint density at radius 1 is 1.10 bits per heavy atom. The first-order chi connectivity index (χ1) is 18.5. The van der Waals surface area contributed by atoms with Crippen molar-refractivity contribution in [2.24, 2.45) is 22.7 Å². The lowest BCUT2D eigenvalue weighted by Crippen LogP contribution is -2.59. The lowest BCUT2D eigenvalue weighted by atomic mass is 9.48. The Morgan fingerprint density at radius 3 is 2.54 bits per heavy atom. The molecule has 12 atom stereocenters. The molecule has 218 valence electrons. The molecule has 39 heavy (non-hydrogen) atoms. The van der Waals surface area contributed by atoms with Crippen molar-refractivity contribution in [3.05, 3.63) is 24.2 Å². The van der Waals surface area contributed by atoms with Gasteiger partial charge in [-0.2, -0.15) is 0 Å². The highest BCUT2D eigenvalue weighted by Gasteiger charge is 2.70. The minimum atomic E-state index is -1.53. The van der Waals surface area contributed by atoms with Crippen molar-refractivity contribution < 1.29 is 58.1 Å². The SMILES string of the molecule is COC(=O)[C@H]1O[C@H]2C[C@]1(C)[C@@H](CCCO[C@H]1O[C@@H](CO)[C@H](O)[C@@H](O)[C@@H]1O)[C@]1(C)C[C@@H](c3ccoc3)OC(=O)[C@H]21. The number of carbonyl (C=O) groups excluding carboxylic acids is 2. The standard InChI is InChI=1S/C27H38O12/c1-26-9-14(13-6-8-35-12-13)38-23(32)18(26)15-10-27(2,22(37-15)24(33)34-3)17(26)5-4-7-36-25-21(31)20(30)19(29)16(11-28)39-25/h6,8,12,14-22,25,28-31H,4-5,7,9-11H2,1-3H3/t14-,15-,16-,17-,18-,19-,20+,21-,22+,25-,26-,27+/m0/s1. The molecular weight excluding hydrogens is 516 g/mol. The number of ether oxygens (including phenoxy) is 5. The third-order valence-corrected chi connectivity index (χ3v) is 9.46. The predicted molar refractivity (Wildman–Crippen MR) is 130 cm³/mol. The van der Waals surface area contributed by atoms with Gasteiger partial charge in [-0.25, -0.2) is 4.79 Å². The number of hydrogen-bond donors (Lipinski definition) is 4. The van der Waals surface area contributed by atoms with Crippen molar-refractivity contribution in [3.63, 3.8) is 0 Å². The zero-order chi connectivity index (χ0) is 28.1. The maximum absolute atomic E-state index is 13.4. The molecular formula is C27H38O12. The van der Waals surface area contributed by atoms with Gasteiger partial charge in [-0.05, 0) is 43.1 Å². The summed E-state index contributed by atoms with van der Waals surface area (Å²) in [4.78, 5) is 26.3. The van der Waals surface area contributed by atoms with Crippen LogP contribution in [0.4, 0.5) is 0 Å². The molecule has 0 aromatic carbocycles. The highest BCUT2D eigenvalue weighted by molar-refractivity contribution is 5.79. The van der Waals surface area contributed by atoms with Crippen LogP contribution in [0.25, 0.3) is 0 Å². The summed E-state index contributed by atoms with van der Waals surface area (Å²) in [7, 11) is 1.32. The minimum absolute atomic E-state index is 0.124. The van der Waals surface area contributed by atoms with Gasteiger partial charge in [0.05, 0.1) is 38.3 Å². The van der Waals surface area contributed by atoms with Gasteiger partial charge in [0, 0.05) is 17.6 Å². The molecule has 1 aromatic rings. The highest BCUT2D eigenvalue weighted by Crippen LogP contribution is 2.66. The largest absolute Gasteiger partial charge is 0.472 e. The van der Waals surface area contributed by atoms with Crippen LogP contribution in [0.5, 0.6) is 0 Å². The minimum Gasteiger partial charge on any atom is -0.472 e. The Hall–Kier alpha value is -2.06. The van der Waals surface area contributed by atoms with Gasteiger partial charge in [0.15, 0.2) is 12.4 Å². The first-order valence-electron chi connectivity index (χ1n) is 13.4. The van der Waals surface area contributed by atoms with Crippen LogP contribution in [0.1, 0.15) is 51.2 Å². The molecule has 4 heterocycles. The van der Waals surface area contributed by atoms with E-state index in [1.165, 1.54) is 13.4 Å². The number of methoxy groups -OCH3 is 1.